The third-order valence-corrected chi connectivity index (χ3v) is 7.24. The van der Waals surface area contributed by atoms with Crippen LogP contribution in [0.15, 0.2) is 47.4 Å². The zero-order valence-electron chi connectivity index (χ0n) is 20.5. The van der Waals surface area contributed by atoms with E-state index in [4.69, 9.17) is 4.98 Å². The van der Waals surface area contributed by atoms with E-state index in [0.29, 0.717) is 34.9 Å². The first-order valence-corrected chi connectivity index (χ1v) is 12.4. The highest BCUT2D eigenvalue weighted by Crippen LogP contribution is 2.34. The van der Waals surface area contributed by atoms with Gasteiger partial charge in [0, 0.05) is 43.8 Å². The van der Waals surface area contributed by atoms with Gasteiger partial charge in [0.15, 0.2) is 11.5 Å². The lowest BCUT2D eigenvalue weighted by Gasteiger charge is -2.34. The number of aliphatic hydroxyl groups is 1. The van der Waals surface area contributed by atoms with Crippen molar-refractivity contribution in [2.45, 2.75) is 31.8 Å². The van der Waals surface area contributed by atoms with Gasteiger partial charge in [-0.1, -0.05) is 6.07 Å². The average molecular weight is 487 g/mol. The molecular weight excluding hydrogens is 456 g/mol. The van der Waals surface area contributed by atoms with Gasteiger partial charge >= 0.3 is 0 Å². The first kappa shape index (κ1) is 22.7. The summed E-state index contributed by atoms with van der Waals surface area (Å²) in [6.45, 7) is 5.93. The summed E-state index contributed by atoms with van der Waals surface area (Å²) in [5.41, 5.74) is 2.88. The van der Waals surface area contributed by atoms with E-state index in [0.717, 1.165) is 50.3 Å². The Morgan fingerprint density at radius 1 is 1.06 bits per heavy atom. The van der Waals surface area contributed by atoms with Gasteiger partial charge < -0.3 is 20.2 Å². The second kappa shape index (κ2) is 8.72. The number of rotatable bonds is 4. The molecule has 10 nitrogen and oxygen atoms in total. The molecule has 1 atom stereocenters. The molecule has 4 heterocycles. The van der Waals surface area contributed by atoms with Crippen LogP contribution in [0.2, 0.25) is 0 Å². The Balaban J connectivity index is 1.29. The van der Waals surface area contributed by atoms with Crippen molar-refractivity contribution >= 4 is 28.4 Å². The fourth-order valence-corrected chi connectivity index (χ4v) is 5.11. The molecule has 6 rings (SSSR count). The molecular formula is C26H30N8O2. The van der Waals surface area contributed by atoms with Gasteiger partial charge in [0.25, 0.3) is 5.56 Å². The van der Waals surface area contributed by atoms with Gasteiger partial charge in [0.1, 0.15) is 11.0 Å². The Morgan fingerprint density at radius 2 is 1.83 bits per heavy atom. The lowest BCUT2D eigenvalue weighted by molar-refractivity contribution is 0.0339. The van der Waals surface area contributed by atoms with E-state index in [2.05, 4.69) is 49.4 Å². The van der Waals surface area contributed by atoms with Gasteiger partial charge in [-0.15, -0.1) is 0 Å². The number of nitrogens with one attached hydrogen (secondary N) is 2. The molecule has 0 radical (unpaired) electrons. The molecule has 1 aromatic carbocycles. The smallest absolute Gasteiger partial charge is 0.275 e. The molecule has 0 amide bonds. The maximum absolute atomic E-state index is 12.6. The van der Waals surface area contributed by atoms with Crippen LogP contribution in [-0.4, -0.2) is 68.0 Å². The van der Waals surface area contributed by atoms with E-state index in [1.807, 2.05) is 24.3 Å². The van der Waals surface area contributed by atoms with E-state index in [-0.39, 0.29) is 5.56 Å². The molecule has 0 spiro atoms. The minimum atomic E-state index is -0.995. The van der Waals surface area contributed by atoms with Gasteiger partial charge in [-0.05, 0) is 69.1 Å². The number of nitrogens with zero attached hydrogens (tertiary/aromatic N) is 6. The van der Waals surface area contributed by atoms with Crippen molar-refractivity contribution in [3.8, 4) is 5.82 Å². The monoisotopic (exact) mass is 486 g/mol. The van der Waals surface area contributed by atoms with Crippen molar-refractivity contribution in [1.29, 1.82) is 0 Å². The van der Waals surface area contributed by atoms with Crippen LogP contribution >= 0.6 is 0 Å². The van der Waals surface area contributed by atoms with Crippen LogP contribution in [0.5, 0.6) is 0 Å². The fraction of sp³-hybridized carbons (Fsp3) is 0.385. The first-order valence-electron chi connectivity index (χ1n) is 12.4. The number of aryl methyl sites for hydroxylation is 1. The quantitative estimate of drug-likeness (QED) is 0.403. The lowest BCUT2D eigenvalue weighted by Crippen LogP contribution is -2.44. The van der Waals surface area contributed by atoms with Crippen LogP contribution in [0, 0.1) is 0 Å². The van der Waals surface area contributed by atoms with Crippen molar-refractivity contribution in [2.75, 3.05) is 43.4 Å². The second-order valence-electron chi connectivity index (χ2n) is 9.97. The molecule has 3 aromatic heterocycles. The number of benzene rings is 1. The first-order chi connectivity index (χ1) is 17.4. The van der Waals surface area contributed by atoms with Gasteiger partial charge in [-0.3, -0.25) is 9.89 Å². The van der Waals surface area contributed by atoms with Crippen LogP contribution in [0.25, 0.3) is 16.9 Å². The van der Waals surface area contributed by atoms with Crippen LogP contribution in [-0.2, 0) is 12.0 Å². The molecule has 1 aliphatic carbocycles. The number of likely N-dealkylation sites (N-methyl/N-ethyl adjacent to an activating group) is 1. The predicted octanol–water partition coefficient (Wildman–Crippen LogP) is 2.54. The highest BCUT2D eigenvalue weighted by Gasteiger charge is 2.31. The summed E-state index contributed by atoms with van der Waals surface area (Å²) in [7, 11) is 2.15. The number of aromatic amines is 1. The van der Waals surface area contributed by atoms with Crippen molar-refractivity contribution in [1.82, 2.24) is 29.6 Å². The number of H-pyrrole nitrogens is 1. The summed E-state index contributed by atoms with van der Waals surface area (Å²) >= 11 is 0. The normalized spacial score (nSPS) is 20.5. The summed E-state index contributed by atoms with van der Waals surface area (Å²) in [4.78, 5) is 31.0. The minimum absolute atomic E-state index is 0.292. The number of fused-ring (bicyclic) bond motifs is 2. The molecule has 10 heteroatoms. The van der Waals surface area contributed by atoms with E-state index >= 15 is 0 Å². The molecule has 0 bridgehead atoms. The van der Waals surface area contributed by atoms with E-state index < -0.39 is 5.60 Å². The van der Waals surface area contributed by atoms with Crippen molar-refractivity contribution in [2.24, 2.45) is 0 Å². The summed E-state index contributed by atoms with van der Waals surface area (Å²) in [5, 5.41) is 17.3. The zero-order valence-corrected chi connectivity index (χ0v) is 20.5. The fourth-order valence-electron chi connectivity index (χ4n) is 5.11. The van der Waals surface area contributed by atoms with Gasteiger partial charge in [-0.2, -0.15) is 4.98 Å². The number of anilines is 3. The minimum Gasteiger partial charge on any atom is -0.384 e. The summed E-state index contributed by atoms with van der Waals surface area (Å²) in [5.74, 6) is 0.886. The van der Waals surface area contributed by atoms with E-state index in [9.17, 15) is 9.90 Å². The van der Waals surface area contributed by atoms with E-state index in [1.54, 1.807) is 11.6 Å². The Morgan fingerprint density at radius 3 is 2.61 bits per heavy atom. The molecule has 36 heavy (non-hydrogen) atoms. The molecule has 0 saturated carbocycles. The van der Waals surface area contributed by atoms with Crippen LogP contribution in [0.4, 0.5) is 17.3 Å². The number of aromatic nitrogens is 5. The van der Waals surface area contributed by atoms with Crippen LogP contribution in [0.1, 0.15) is 31.0 Å². The molecule has 1 aliphatic heterocycles. The van der Waals surface area contributed by atoms with Crippen molar-refractivity contribution in [3.63, 3.8) is 0 Å². The van der Waals surface area contributed by atoms with Gasteiger partial charge in [0.2, 0.25) is 5.95 Å². The molecule has 2 aliphatic rings. The number of hydrogen-bond donors (Lipinski definition) is 3. The van der Waals surface area contributed by atoms with Crippen molar-refractivity contribution < 1.29 is 5.11 Å². The Bertz CT molecular complexity index is 1470. The highest BCUT2D eigenvalue weighted by molar-refractivity contribution is 5.76. The third-order valence-electron chi connectivity index (χ3n) is 7.24. The Hall–Kier alpha value is -3.76. The maximum Gasteiger partial charge on any atom is 0.275 e. The summed E-state index contributed by atoms with van der Waals surface area (Å²) in [6, 6.07) is 12.0. The average Bonchev–Trinajstić information content (AvgIpc) is 3.20. The van der Waals surface area contributed by atoms with Crippen LogP contribution < -0.4 is 15.8 Å². The Labute approximate surface area is 208 Å². The number of pyridine rings is 1. The highest BCUT2D eigenvalue weighted by atomic mass is 16.3. The maximum atomic E-state index is 12.6. The molecule has 4 aromatic rings. The summed E-state index contributed by atoms with van der Waals surface area (Å²) < 4.78 is 1.56. The molecule has 1 unspecified atom stereocenters. The lowest BCUT2D eigenvalue weighted by atomic mass is 9.84. The van der Waals surface area contributed by atoms with Crippen molar-refractivity contribution in [3.05, 3.63) is 64.2 Å². The SMILES string of the molecule is CN1CCN(c2ccc(Nc3ncc4c(=O)[nH]n(-c5ccc6c(n5)C(C)(O)CCC6)c4n3)cc2)CC1. The van der Waals surface area contributed by atoms with Crippen LogP contribution in [0.3, 0.4) is 0 Å². The predicted molar refractivity (Wildman–Crippen MR) is 139 cm³/mol. The topological polar surface area (TPSA) is 115 Å². The summed E-state index contributed by atoms with van der Waals surface area (Å²) in [6.07, 6.45) is 3.98. The van der Waals surface area contributed by atoms with E-state index in [1.165, 1.54) is 11.9 Å². The Kier molecular flexibility index (Phi) is 5.50. The molecule has 1 fully saturated rings. The third kappa shape index (κ3) is 4.12. The number of hydrogen-bond acceptors (Lipinski definition) is 8. The standard InChI is InChI=1S/C26H30N8O2/c1-26(36)11-3-4-17-5-10-21(29-22(17)26)34-23-20(24(35)31-34)16-27-25(30-23)28-18-6-8-19(9-7-18)33-14-12-32(2)13-15-33/h5-10,16,36H,3-4,11-15H2,1-2H3,(H,31,35)(H,27,28,30). The zero-order chi connectivity index (χ0) is 24.9. The molecule has 3 N–H and O–H groups in total. The second-order valence-corrected chi connectivity index (χ2v) is 9.97. The number of piperazine rings is 1. The van der Waals surface area contributed by atoms with Gasteiger partial charge in [0.05, 0.1) is 5.69 Å². The molecule has 1 saturated heterocycles. The largest absolute Gasteiger partial charge is 0.384 e. The molecule has 186 valence electrons. The van der Waals surface area contributed by atoms with Gasteiger partial charge in [-0.25, -0.2) is 14.6 Å².